The summed E-state index contributed by atoms with van der Waals surface area (Å²) in [4.78, 5) is 42.3. The molecule has 2 heterocycles. The van der Waals surface area contributed by atoms with Gasteiger partial charge in [0.05, 0.1) is 25.2 Å². The van der Waals surface area contributed by atoms with E-state index in [1.54, 1.807) is 6.92 Å². The molecule has 0 bridgehead atoms. The highest BCUT2D eigenvalue weighted by molar-refractivity contribution is 5.79. The molecule has 120 valence electrons. The van der Waals surface area contributed by atoms with Crippen LogP contribution in [0.5, 0.6) is 0 Å². The zero-order valence-corrected chi connectivity index (χ0v) is 12.7. The van der Waals surface area contributed by atoms with Crippen LogP contribution in [0.15, 0.2) is 9.59 Å². The van der Waals surface area contributed by atoms with Crippen LogP contribution in [0.4, 0.5) is 0 Å². The SMILES string of the molecule is Cc1[nH]c(=O)[nH]c(=O)c1CC(=O)N1CCO[C@@H]2CCCC[C@H]21. The first-order valence-corrected chi connectivity index (χ1v) is 7.79. The van der Waals surface area contributed by atoms with E-state index in [0.29, 0.717) is 24.4 Å². The van der Waals surface area contributed by atoms with Crippen LogP contribution in [-0.2, 0) is 16.0 Å². The molecule has 1 amide bonds. The second-order valence-corrected chi connectivity index (χ2v) is 6.04. The fourth-order valence-corrected chi connectivity index (χ4v) is 3.50. The van der Waals surface area contributed by atoms with Gasteiger partial charge in [0.15, 0.2) is 0 Å². The van der Waals surface area contributed by atoms with Crippen molar-refractivity contribution < 1.29 is 9.53 Å². The third-order valence-electron chi connectivity index (χ3n) is 4.64. The van der Waals surface area contributed by atoms with Crippen LogP contribution in [0.2, 0.25) is 0 Å². The zero-order valence-electron chi connectivity index (χ0n) is 12.7. The number of fused-ring (bicyclic) bond motifs is 1. The van der Waals surface area contributed by atoms with Crippen molar-refractivity contribution in [1.82, 2.24) is 14.9 Å². The zero-order chi connectivity index (χ0) is 15.7. The molecule has 1 saturated heterocycles. The van der Waals surface area contributed by atoms with E-state index in [2.05, 4.69) is 9.97 Å². The van der Waals surface area contributed by atoms with E-state index in [4.69, 9.17) is 4.74 Å². The highest BCUT2D eigenvalue weighted by atomic mass is 16.5. The minimum atomic E-state index is -0.544. The molecular weight excluding hydrogens is 286 g/mol. The Kier molecular flexibility index (Phi) is 4.15. The molecule has 2 aliphatic rings. The molecule has 1 saturated carbocycles. The molecule has 0 unspecified atom stereocenters. The third kappa shape index (κ3) is 2.85. The van der Waals surface area contributed by atoms with E-state index in [9.17, 15) is 14.4 Å². The lowest BCUT2D eigenvalue weighted by Gasteiger charge is -2.43. The number of amides is 1. The van der Waals surface area contributed by atoms with Gasteiger partial charge in [0.2, 0.25) is 5.91 Å². The van der Waals surface area contributed by atoms with Gasteiger partial charge in [-0.15, -0.1) is 0 Å². The minimum absolute atomic E-state index is 0.0150. The first-order valence-electron chi connectivity index (χ1n) is 7.79. The van der Waals surface area contributed by atoms with Gasteiger partial charge >= 0.3 is 5.69 Å². The minimum Gasteiger partial charge on any atom is -0.374 e. The number of hydrogen-bond acceptors (Lipinski definition) is 4. The van der Waals surface area contributed by atoms with Gasteiger partial charge in [0.1, 0.15) is 0 Å². The number of nitrogens with one attached hydrogen (secondary N) is 2. The fraction of sp³-hybridized carbons (Fsp3) is 0.667. The van der Waals surface area contributed by atoms with Crippen molar-refractivity contribution in [2.24, 2.45) is 0 Å². The quantitative estimate of drug-likeness (QED) is 0.809. The Morgan fingerprint density at radius 2 is 2.05 bits per heavy atom. The number of carbonyl (C=O) groups excluding carboxylic acids is 1. The van der Waals surface area contributed by atoms with Crippen molar-refractivity contribution in [1.29, 1.82) is 0 Å². The van der Waals surface area contributed by atoms with Gasteiger partial charge in [-0.1, -0.05) is 12.8 Å². The smallest absolute Gasteiger partial charge is 0.325 e. The van der Waals surface area contributed by atoms with Gasteiger partial charge in [0.25, 0.3) is 5.56 Å². The Balaban J connectivity index is 1.79. The monoisotopic (exact) mass is 307 g/mol. The van der Waals surface area contributed by atoms with Crippen molar-refractivity contribution >= 4 is 5.91 Å². The average molecular weight is 307 g/mol. The number of aromatic amines is 2. The summed E-state index contributed by atoms with van der Waals surface area (Å²) in [5.41, 5.74) is -0.237. The van der Waals surface area contributed by atoms with Crippen LogP contribution >= 0.6 is 0 Å². The number of hydrogen-bond donors (Lipinski definition) is 2. The van der Waals surface area contributed by atoms with Crippen LogP contribution < -0.4 is 11.2 Å². The lowest BCUT2D eigenvalue weighted by atomic mass is 9.90. The second kappa shape index (κ2) is 6.08. The Labute approximate surface area is 127 Å². The Bertz CT molecular complexity index is 676. The largest absolute Gasteiger partial charge is 0.374 e. The lowest BCUT2D eigenvalue weighted by molar-refractivity contribution is -0.148. The van der Waals surface area contributed by atoms with Crippen LogP contribution in [0.1, 0.15) is 36.9 Å². The highest BCUT2D eigenvalue weighted by Crippen LogP contribution is 2.28. The molecule has 1 aliphatic heterocycles. The van der Waals surface area contributed by atoms with E-state index in [0.717, 1.165) is 25.7 Å². The van der Waals surface area contributed by atoms with Crippen molar-refractivity contribution in [3.63, 3.8) is 0 Å². The first kappa shape index (κ1) is 15.0. The maximum absolute atomic E-state index is 12.6. The topological polar surface area (TPSA) is 95.3 Å². The first-order chi connectivity index (χ1) is 10.6. The summed E-state index contributed by atoms with van der Waals surface area (Å²) < 4.78 is 5.77. The van der Waals surface area contributed by atoms with Gasteiger partial charge in [-0.05, 0) is 19.8 Å². The third-order valence-corrected chi connectivity index (χ3v) is 4.64. The summed E-state index contributed by atoms with van der Waals surface area (Å²) in [5.74, 6) is -0.0687. The van der Waals surface area contributed by atoms with E-state index < -0.39 is 11.2 Å². The molecule has 2 atom stereocenters. The number of aryl methyl sites for hydroxylation is 1. The van der Waals surface area contributed by atoms with Gasteiger partial charge in [0, 0.05) is 17.8 Å². The van der Waals surface area contributed by atoms with Gasteiger partial charge in [-0.3, -0.25) is 14.6 Å². The number of rotatable bonds is 2. The molecule has 1 aromatic heterocycles. The highest BCUT2D eigenvalue weighted by Gasteiger charge is 2.36. The van der Waals surface area contributed by atoms with Crippen LogP contribution in [-0.4, -0.2) is 46.1 Å². The standard InChI is InChI=1S/C15H21N3O4/c1-9-10(14(20)17-15(21)16-9)8-13(19)18-6-7-22-12-5-3-2-4-11(12)18/h11-12H,2-8H2,1H3,(H2,16,17,20,21)/t11-,12-/m1/s1. The van der Waals surface area contributed by atoms with Crippen molar-refractivity contribution in [3.05, 3.63) is 32.1 Å². The normalized spacial score (nSPS) is 24.9. The van der Waals surface area contributed by atoms with Crippen LogP contribution in [0, 0.1) is 6.92 Å². The summed E-state index contributed by atoms with van der Waals surface area (Å²) in [5, 5.41) is 0. The lowest BCUT2D eigenvalue weighted by Crippen LogP contribution is -2.55. The molecule has 2 fully saturated rings. The molecule has 3 rings (SSSR count). The Morgan fingerprint density at radius 1 is 1.27 bits per heavy atom. The van der Waals surface area contributed by atoms with E-state index in [1.165, 1.54) is 0 Å². The number of carbonyl (C=O) groups is 1. The van der Waals surface area contributed by atoms with Gasteiger partial charge in [-0.25, -0.2) is 4.79 Å². The van der Waals surface area contributed by atoms with E-state index in [1.807, 2.05) is 4.90 Å². The second-order valence-electron chi connectivity index (χ2n) is 6.04. The van der Waals surface area contributed by atoms with Gasteiger partial charge in [-0.2, -0.15) is 0 Å². The molecular formula is C15H21N3O4. The van der Waals surface area contributed by atoms with Crippen molar-refractivity contribution in [2.75, 3.05) is 13.2 Å². The summed E-state index contributed by atoms with van der Waals surface area (Å²) >= 11 is 0. The Hall–Kier alpha value is -1.89. The summed E-state index contributed by atoms with van der Waals surface area (Å²) in [6.07, 6.45) is 4.33. The summed E-state index contributed by atoms with van der Waals surface area (Å²) in [6.45, 7) is 2.76. The molecule has 1 aliphatic carbocycles. The predicted octanol–water partition coefficient (Wildman–Crippen LogP) is 0.0841. The predicted molar refractivity (Wildman–Crippen MR) is 79.8 cm³/mol. The van der Waals surface area contributed by atoms with E-state index >= 15 is 0 Å². The average Bonchev–Trinajstić information content (AvgIpc) is 2.50. The van der Waals surface area contributed by atoms with Gasteiger partial charge < -0.3 is 14.6 Å². The summed E-state index contributed by atoms with van der Waals surface area (Å²) in [7, 11) is 0. The van der Waals surface area contributed by atoms with Crippen molar-refractivity contribution in [3.8, 4) is 0 Å². The Morgan fingerprint density at radius 3 is 2.82 bits per heavy atom. The number of nitrogens with zero attached hydrogens (tertiary/aromatic N) is 1. The van der Waals surface area contributed by atoms with E-state index in [-0.39, 0.29) is 24.5 Å². The van der Waals surface area contributed by atoms with Crippen LogP contribution in [0.25, 0.3) is 0 Å². The molecule has 7 heteroatoms. The molecule has 0 aromatic carbocycles. The van der Waals surface area contributed by atoms with Crippen molar-refractivity contribution in [2.45, 2.75) is 51.2 Å². The number of aromatic nitrogens is 2. The molecule has 7 nitrogen and oxygen atoms in total. The molecule has 0 radical (unpaired) electrons. The summed E-state index contributed by atoms with van der Waals surface area (Å²) in [6, 6.07) is 0.122. The molecule has 2 N–H and O–H groups in total. The number of ether oxygens (including phenoxy) is 1. The maximum atomic E-state index is 12.6. The molecule has 1 aromatic rings. The van der Waals surface area contributed by atoms with Crippen LogP contribution in [0.3, 0.4) is 0 Å². The molecule has 0 spiro atoms. The number of morpholine rings is 1. The molecule has 22 heavy (non-hydrogen) atoms. The number of H-pyrrole nitrogens is 2. The maximum Gasteiger partial charge on any atom is 0.325 e. The fourth-order valence-electron chi connectivity index (χ4n) is 3.50.